The fraction of sp³-hybridized carbons (Fsp3) is 0.429. The third kappa shape index (κ3) is 5.22. The van der Waals surface area contributed by atoms with Gasteiger partial charge in [0.25, 0.3) is 12.3 Å². The number of amides is 1. The van der Waals surface area contributed by atoms with Gasteiger partial charge in [0.15, 0.2) is 0 Å². The Balaban J connectivity index is 2.54. The second-order valence-electron chi connectivity index (χ2n) is 7.07. The summed E-state index contributed by atoms with van der Waals surface area (Å²) in [5, 5.41) is 3.77. The molecule has 0 aliphatic heterocycles. The zero-order valence-corrected chi connectivity index (χ0v) is 18.0. The molecule has 0 N–H and O–H groups in total. The summed E-state index contributed by atoms with van der Waals surface area (Å²) in [6.45, 7) is 5.13. The first kappa shape index (κ1) is 23.9. The lowest BCUT2D eigenvalue weighted by Crippen LogP contribution is -2.40. The molecule has 0 saturated heterocycles. The molecule has 1 heterocycles. The zero-order valence-electron chi connectivity index (χ0n) is 17.2. The minimum Gasteiger partial charge on any atom is -0.331 e. The van der Waals surface area contributed by atoms with Gasteiger partial charge in [0.1, 0.15) is 17.1 Å². The summed E-state index contributed by atoms with van der Waals surface area (Å²) in [6, 6.07) is 5.26. The van der Waals surface area contributed by atoms with E-state index in [4.69, 9.17) is 11.6 Å². The van der Waals surface area contributed by atoms with Crippen LogP contribution in [-0.2, 0) is 7.05 Å². The maximum absolute atomic E-state index is 14.5. The maximum Gasteiger partial charge on any atom is 0.283 e. The summed E-state index contributed by atoms with van der Waals surface area (Å²) >= 11 is 6.23. The Kier molecular flexibility index (Phi) is 8.06. The average molecular weight is 446 g/mol. The lowest BCUT2D eigenvalue weighted by Gasteiger charge is -2.30. The molecule has 4 nitrogen and oxygen atoms in total. The van der Waals surface area contributed by atoms with Crippen LogP contribution < -0.4 is 0 Å². The van der Waals surface area contributed by atoms with E-state index in [1.165, 1.54) is 23.1 Å². The first-order chi connectivity index (χ1) is 14.1. The molecule has 0 spiro atoms. The zero-order chi connectivity index (χ0) is 22.6. The highest BCUT2D eigenvalue weighted by molar-refractivity contribution is 6.32. The monoisotopic (exact) mass is 445 g/mol. The maximum atomic E-state index is 14.5. The van der Waals surface area contributed by atoms with Crippen molar-refractivity contribution in [2.24, 2.45) is 7.05 Å². The molecule has 2 rings (SSSR count). The van der Waals surface area contributed by atoms with Crippen LogP contribution in [-0.4, -0.2) is 33.2 Å². The smallest absolute Gasteiger partial charge is 0.283 e. The number of aryl methyl sites for hydroxylation is 1. The van der Waals surface area contributed by atoms with Crippen LogP contribution in [0.15, 0.2) is 29.3 Å². The number of alkyl halides is 2. The Morgan fingerprint density at radius 1 is 1.30 bits per heavy atom. The first-order valence-corrected chi connectivity index (χ1v) is 9.88. The molecular formula is C21H24ClF4N3O. The summed E-state index contributed by atoms with van der Waals surface area (Å²) in [7, 11) is 1.15. The van der Waals surface area contributed by atoms with E-state index >= 15 is 0 Å². The molecular weight excluding hydrogens is 422 g/mol. The number of carbonyl (C=O) groups is 1. The van der Waals surface area contributed by atoms with Crippen molar-refractivity contribution in [1.29, 1.82) is 0 Å². The highest BCUT2D eigenvalue weighted by atomic mass is 35.5. The van der Waals surface area contributed by atoms with Crippen LogP contribution in [0.4, 0.5) is 17.6 Å². The van der Waals surface area contributed by atoms with Gasteiger partial charge in [-0.15, -0.1) is 0 Å². The van der Waals surface area contributed by atoms with Gasteiger partial charge in [-0.1, -0.05) is 37.1 Å². The van der Waals surface area contributed by atoms with Gasteiger partial charge in [-0.05, 0) is 43.5 Å². The predicted octanol–water partition coefficient (Wildman–Crippen LogP) is 5.94. The molecule has 0 aliphatic rings. The molecule has 1 amide bonds. The molecule has 30 heavy (non-hydrogen) atoms. The Bertz CT molecular complexity index is 938. The summed E-state index contributed by atoms with van der Waals surface area (Å²) in [6.07, 6.45) is -1.85. The first-order valence-electron chi connectivity index (χ1n) is 9.51. The van der Waals surface area contributed by atoms with Crippen LogP contribution in [0, 0.1) is 11.8 Å². The molecule has 0 radical (unpaired) electrons. The molecule has 0 fully saturated rings. The van der Waals surface area contributed by atoms with Crippen LogP contribution in [0.3, 0.4) is 0 Å². The minimum atomic E-state index is -3.11. The Morgan fingerprint density at radius 3 is 2.50 bits per heavy atom. The minimum absolute atomic E-state index is 0.101. The lowest BCUT2D eigenvalue weighted by molar-refractivity contribution is 0.0694. The number of halogens is 5. The van der Waals surface area contributed by atoms with Crippen molar-refractivity contribution < 1.29 is 22.4 Å². The number of carbonyl (C=O) groups excluding carboxylic acids is 1. The number of hydrogen-bond donors (Lipinski definition) is 0. The number of aromatic nitrogens is 2. The second-order valence-corrected chi connectivity index (χ2v) is 7.64. The van der Waals surface area contributed by atoms with Crippen LogP contribution in [0.25, 0.3) is 5.57 Å². The second kappa shape index (κ2) is 10.1. The quantitative estimate of drug-likeness (QED) is 0.472. The Hall–Kier alpha value is -2.35. The van der Waals surface area contributed by atoms with E-state index in [0.29, 0.717) is 33.7 Å². The van der Waals surface area contributed by atoms with Crippen molar-refractivity contribution in [1.82, 2.24) is 14.7 Å². The molecule has 1 atom stereocenters. The Labute approximate surface area is 178 Å². The van der Waals surface area contributed by atoms with Gasteiger partial charge in [-0.2, -0.15) is 9.49 Å². The Morgan fingerprint density at radius 2 is 1.97 bits per heavy atom. The van der Waals surface area contributed by atoms with Crippen LogP contribution >= 0.6 is 11.6 Å². The summed E-state index contributed by atoms with van der Waals surface area (Å²) < 4.78 is 55.7. The number of nitrogens with zero attached hydrogens (tertiary/aromatic N) is 3. The molecule has 0 bridgehead atoms. The van der Waals surface area contributed by atoms with Crippen molar-refractivity contribution >= 4 is 23.1 Å². The van der Waals surface area contributed by atoms with Gasteiger partial charge in [0.2, 0.25) is 5.95 Å². The van der Waals surface area contributed by atoms with E-state index in [0.717, 1.165) is 7.05 Å². The van der Waals surface area contributed by atoms with Crippen molar-refractivity contribution in [3.63, 3.8) is 0 Å². The fourth-order valence-corrected chi connectivity index (χ4v) is 3.43. The third-order valence-electron chi connectivity index (χ3n) is 4.84. The molecule has 164 valence electrons. The van der Waals surface area contributed by atoms with Crippen molar-refractivity contribution in [2.45, 2.75) is 46.1 Å². The van der Waals surface area contributed by atoms with Gasteiger partial charge < -0.3 is 4.90 Å². The predicted molar refractivity (Wildman–Crippen MR) is 108 cm³/mol. The van der Waals surface area contributed by atoms with E-state index in [-0.39, 0.29) is 6.54 Å². The average Bonchev–Trinajstić information content (AvgIpc) is 2.97. The van der Waals surface area contributed by atoms with Crippen LogP contribution in [0.1, 0.15) is 61.7 Å². The molecule has 2 aromatic rings. The topological polar surface area (TPSA) is 38.1 Å². The third-order valence-corrected chi connectivity index (χ3v) is 5.07. The van der Waals surface area contributed by atoms with E-state index < -0.39 is 41.4 Å². The SMILES string of the molecule is CCCC(C)N(C/C(=C(\C)Cl)c1cccc(F)c1)C(=O)c1c(C(F)F)nn(C)c1F. The van der Waals surface area contributed by atoms with Gasteiger partial charge in [0, 0.05) is 24.7 Å². The highest BCUT2D eigenvalue weighted by Gasteiger charge is 2.33. The van der Waals surface area contributed by atoms with E-state index in [2.05, 4.69) is 5.10 Å². The highest BCUT2D eigenvalue weighted by Crippen LogP contribution is 2.29. The molecule has 0 aliphatic carbocycles. The standard InChI is InChI=1S/C21H24ClF4N3O/c1-5-7-12(2)29(11-16(13(3)22)14-8-6-9-15(23)10-14)21(30)17-18(19(24)25)27-28(4)20(17)26/h6,8-10,12,19H,5,7,11H2,1-4H3/b16-13-. The van der Waals surface area contributed by atoms with Crippen molar-refractivity contribution in [2.75, 3.05) is 6.54 Å². The molecule has 1 aromatic carbocycles. The summed E-state index contributed by atoms with van der Waals surface area (Å²) in [4.78, 5) is 14.5. The number of hydrogen-bond acceptors (Lipinski definition) is 2. The van der Waals surface area contributed by atoms with E-state index in [9.17, 15) is 22.4 Å². The van der Waals surface area contributed by atoms with Gasteiger partial charge >= 0.3 is 0 Å². The molecule has 9 heteroatoms. The summed E-state index contributed by atoms with van der Waals surface area (Å²) in [5.74, 6) is -2.53. The van der Waals surface area contributed by atoms with Crippen LogP contribution in [0.5, 0.6) is 0 Å². The van der Waals surface area contributed by atoms with Crippen molar-refractivity contribution in [3.8, 4) is 0 Å². The molecule has 0 saturated carbocycles. The number of rotatable bonds is 8. The normalized spacial score (nSPS) is 13.4. The fourth-order valence-electron chi connectivity index (χ4n) is 3.26. The van der Waals surface area contributed by atoms with Gasteiger partial charge in [-0.25, -0.2) is 17.9 Å². The van der Waals surface area contributed by atoms with Gasteiger partial charge in [-0.3, -0.25) is 4.79 Å². The number of allylic oxidation sites excluding steroid dienone is 1. The van der Waals surface area contributed by atoms with Crippen molar-refractivity contribution in [3.05, 3.63) is 57.9 Å². The molecule has 1 unspecified atom stereocenters. The largest absolute Gasteiger partial charge is 0.331 e. The summed E-state index contributed by atoms with van der Waals surface area (Å²) in [5.41, 5.74) is -0.783. The lowest BCUT2D eigenvalue weighted by atomic mass is 10.0. The molecule has 1 aromatic heterocycles. The van der Waals surface area contributed by atoms with Crippen LogP contribution in [0.2, 0.25) is 0 Å². The van der Waals surface area contributed by atoms with E-state index in [1.54, 1.807) is 19.9 Å². The van der Waals surface area contributed by atoms with Gasteiger partial charge in [0.05, 0.1) is 0 Å². The van der Waals surface area contributed by atoms with E-state index in [1.807, 2.05) is 6.92 Å². The number of benzene rings is 1.